The Bertz CT molecular complexity index is 476. The first kappa shape index (κ1) is 15.0. The van der Waals surface area contributed by atoms with Gasteiger partial charge >= 0.3 is 0 Å². The number of aromatic nitrogens is 2. The van der Waals surface area contributed by atoms with E-state index in [2.05, 4.69) is 44.6 Å². The molecule has 5 heteroatoms. The zero-order chi connectivity index (χ0) is 13.8. The summed E-state index contributed by atoms with van der Waals surface area (Å²) in [6.07, 6.45) is 6.14. The van der Waals surface area contributed by atoms with Crippen LogP contribution in [-0.4, -0.2) is 23.1 Å². The number of hydrogen-bond acceptors (Lipinski definition) is 3. The SMILES string of the molecule is CC(C)Cc1[nH]c(N2CCCCCC2)nc(=S)c1Br. The number of aromatic amines is 1. The van der Waals surface area contributed by atoms with Crippen LogP contribution in [0.5, 0.6) is 0 Å². The standard InChI is InChI=1S/C14H22BrN3S/c1-10(2)9-11-12(15)13(19)17-14(16-11)18-7-5-3-4-6-8-18/h10H,3-9H2,1-2H3,(H,16,17,19). The molecule has 1 aliphatic rings. The van der Waals surface area contributed by atoms with Crippen molar-refractivity contribution in [3.05, 3.63) is 14.8 Å². The topological polar surface area (TPSA) is 31.9 Å². The van der Waals surface area contributed by atoms with Crippen molar-refractivity contribution in [1.82, 2.24) is 9.97 Å². The highest BCUT2D eigenvalue weighted by Crippen LogP contribution is 2.23. The largest absolute Gasteiger partial charge is 0.342 e. The minimum atomic E-state index is 0.598. The van der Waals surface area contributed by atoms with Gasteiger partial charge in [-0.15, -0.1) is 0 Å². The van der Waals surface area contributed by atoms with Gasteiger partial charge in [0.05, 0.1) is 4.47 Å². The van der Waals surface area contributed by atoms with Crippen molar-refractivity contribution in [2.45, 2.75) is 46.0 Å². The van der Waals surface area contributed by atoms with Crippen LogP contribution in [-0.2, 0) is 6.42 Å². The van der Waals surface area contributed by atoms with E-state index in [1.807, 2.05) is 0 Å². The van der Waals surface area contributed by atoms with Crippen molar-refractivity contribution in [3.63, 3.8) is 0 Å². The minimum absolute atomic E-state index is 0.598. The summed E-state index contributed by atoms with van der Waals surface area (Å²) in [5.41, 5.74) is 1.18. The third kappa shape index (κ3) is 4.02. The lowest BCUT2D eigenvalue weighted by molar-refractivity contribution is 0.628. The summed E-state index contributed by atoms with van der Waals surface area (Å²) in [4.78, 5) is 10.4. The van der Waals surface area contributed by atoms with E-state index >= 15 is 0 Å². The molecule has 1 aromatic heterocycles. The molecule has 1 aliphatic heterocycles. The molecule has 1 saturated heterocycles. The van der Waals surface area contributed by atoms with Gasteiger partial charge in [-0.25, -0.2) is 4.98 Å². The van der Waals surface area contributed by atoms with Crippen molar-refractivity contribution < 1.29 is 0 Å². The van der Waals surface area contributed by atoms with Gasteiger partial charge in [-0.1, -0.05) is 38.9 Å². The van der Waals surface area contributed by atoms with Crippen LogP contribution >= 0.6 is 28.1 Å². The molecule has 3 nitrogen and oxygen atoms in total. The van der Waals surface area contributed by atoms with Crippen LogP contribution in [0.2, 0.25) is 0 Å². The molecule has 0 radical (unpaired) electrons. The summed E-state index contributed by atoms with van der Waals surface area (Å²) in [6, 6.07) is 0. The predicted molar refractivity (Wildman–Crippen MR) is 86.3 cm³/mol. The molecule has 0 unspecified atom stereocenters. The summed E-state index contributed by atoms with van der Waals surface area (Å²) in [7, 11) is 0. The van der Waals surface area contributed by atoms with Crippen molar-refractivity contribution in [2.75, 3.05) is 18.0 Å². The molecule has 1 N–H and O–H groups in total. The molecular formula is C14H22BrN3S. The number of rotatable bonds is 3. The lowest BCUT2D eigenvalue weighted by atomic mass is 10.1. The fourth-order valence-electron chi connectivity index (χ4n) is 2.47. The Morgan fingerprint density at radius 3 is 2.47 bits per heavy atom. The van der Waals surface area contributed by atoms with Crippen LogP contribution in [0.1, 0.15) is 45.2 Å². The van der Waals surface area contributed by atoms with Crippen molar-refractivity contribution in [2.24, 2.45) is 5.92 Å². The number of halogens is 1. The van der Waals surface area contributed by atoms with Crippen LogP contribution in [0.15, 0.2) is 4.47 Å². The lowest BCUT2D eigenvalue weighted by Crippen LogP contribution is -2.26. The second-order valence-corrected chi connectivity index (χ2v) is 6.84. The summed E-state index contributed by atoms with van der Waals surface area (Å²) in [5.74, 6) is 1.55. The molecule has 19 heavy (non-hydrogen) atoms. The molecule has 0 spiro atoms. The van der Waals surface area contributed by atoms with E-state index in [9.17, 15) is 0 Å². The van der Waals surface area contributed by atoms with Crippen molar-refractivity contribution >= 4 is 34.1 Å². The molecule has 2 heterocycles. The molecule has 0 aromatic carbocycles. The first-order chi connectivity index (χ1) is 9.08. The zero-order valence-electron chi connectivity index (χ0n) is 11.7. The third-order valence-electron chi connectivity index (χ3n) is 3.44. The van der Waals surface area contributed by atoms with Gasteiger partial charge < -0.3 is 9.88 Å². The third-order valence-corrected chi connectivity index (χ3v) is 4.85. The number of hydrogen-bond donors (Lipinski definition) is 1. The second kappa shape index (κ2) is 6.84. The van der Waals surface area contributed by atoms with E-state index in [0.29, 0.717) is 10.6 Å². The van der Waals surface area contributed by atoms with Gasteiger partial charge in [0, 0.05) is 18.8 Å². The molecule has 0 aliphatic carbocycles. The number of H-pyrrole nitrogens is 1. The minimum Gasteiger partial charge on any atom is -0.342 e. The van der Waals surface area contributed by atoms with Crippen LogP contribution in [0.3, 0.4) is 0 Å². The molecule has 1 aromatic rings. The summed E-state index contributed by atoms with van der Waals surface area (Å²) < 4.78 is 1.63. The average molecular weight is 344 g/mol. The summed E-state index contributed by atoms with van der Waals surface area (Å²) in [5, 5.41) is 0. The fraction of sp³-hybridized carbons (Fsp3) is 0.714. The van der Waals surface area contributed by atoms with Gasteiger partial charge in [0.1, 0.15) is 4.64 Å². The Labute approximate surface area is 129 Å². The van der Waals surface area contributed by atoms with E-state index in [0.717, 1.165) is 29.9 Å². The molecule has 1 fully saturated rings. The quantitative estimate of drug-likeness (QED) is 0.821. The number of nitrogens with zero attached hydrogens (tertiary/aromatic N) is 2. The van der Waals surface area contributed by atoms with Crippen LogP contribution in [0, 0.1) is 10.6 Å². The van der Waals surface area contributed by atoms with Gasteiger partial charge in [0.15, 0.2) is 0 Å². The highest BCUT2D eigenvalue weighted by atomic mass is 79.9. The Morgan fingerprint density at radius 1 is 1.26 bits per heavy atom. The second-order valence-electron chi connectivity index (χ2n) is 5.66. The van der Waals surface area contributed by atoms with E-state index in [4.69, 9.17) is 12.2 Å². The first-order valence-corrected chi connectivity index (χ1v) is 8.31. The molecule has 0 saturated carbocycles. The van der Waals surface area contributed by atoms with Crippen LogP contribution in [0.4, 0.5) is 5.95 Å². The maximum absolute atomic E-state index is 5.38. The lowest BCUT2D eigenvalue weighted by Gasteiger charge is -2.22. The Kier molecular flexibility index (Phi) is 5.39. The highest BCUT2D eigenvalue weighted by molar-refractivity contribution is 9.10. The molecular weight excluding hydrogens is 322 g/mol. The average Bonchev–Trinajstić information content (AvgIpc) is 2.63. The predicted octanol–water partition coefficient (Wildman–Crippen LogP) is 4.48. The van der Waals surface area contributed by atoms with Gasteiger partial charge in [-0.3, -0.25) is 0 Å². The molecule has 2 rings (SSSR count). The van der Waals surface area contributed by atoms with Gasteiger partial charge in [0.25, 0.3) is 0 Å². The van der Waals surface area contributed by atoms with E-state index in [1.54, 1.807) is 0 Å². The summed E-state index contributed by atoms with van der Waals surface area (Å²) in [6.45, 7) is 6.60. The van der Waals surface area contributed by atoms with Crippen molar-refractivity contribution in [3.8, 4) is 0 Å². The van der Waals surface area contributed by atoms with Crippen LogP contribution in [0.25, 0.3) is 0 Å². The molecule has 106 valence electrons. The highest BCUT2D eigenvalue weighted by Gasteiger charge is 2.15. The molecule has 0 amide bonds. The van der Waals surface area contributed by atoms with Gasteiger partial charge in [-0.05, 0) is 41.1 Å². The van der Waals surface area contributed by atoms with Crippen molar-refractivity contribution in [1.29, 1.82) is 0 Å². The fourth-order valence-corrected chi connectivity index (χ4v) is 3.03. The van der Waals surface area contributed by atoms with Gasteiger partial charge in [0.2, 0.25) is 5.95 Å². The van der Waals surface area contributed by atoms with E-state index < -0.39 is 0 Å². The maximum Gasteiger partial charge on any atom is 0.204 e. The molecule has 0 bridgehead atoms. The monoisotopic (exact) mass is 343 g/mol. The van der Waals surface area contributed by atoms with Crippen LogP contribution < -0.4 is 4.90 Å². The summed E-state index contributed by atoms with van der Waals surface area (Å²) >= 11 is 8.95. The Morgan fingerprint density at radius 2 is 1.89 bits per heavy atom. The maximum atomic E-state index is 5.38. The Balaban J connectivity index is 2.29. The molecule has 0 atom stereocenters. The Hall–Kier alpha value is -0.420. The first-order valence-electron chi connectivity index (χ1n) is 7.11. The van der Waals surface area contributed by atoms with Gasteiger partial charge in [-0.2, -0.15) is 0 Å². The van der Waals surface area contributed by atoms with E-state index in [1.165, 1.54) is 31.4 Å². The smallest absolute Gasteiger partial charge is 0.204 e. The number of anilines is 1. The normalized spacial score (nSPS) is 16.7. The number of nitrogens with one attached hydrogen (secondary N) is 1. The van der Waals surface area contributed by atoms with E-state index in [-0.39, 0.29) is 0 Å². The zero-order valence-corrected chi connectivity index (χ0v) is 14.1.